The number of aliphatic hydroxyl groups is 2. The van der Waals surface area contributed by atoms with E-state index in [9.17, 15) is 10.2 Å². The van der Waals surface area contributed by atoms with Crippen molar-refractivity contribution in [2.75, 3.05) is 20.3 Å². The molecular weight excluding hydrogens is 364 g/mol. The Kier molecular flexibility index (Phi) is 3.44. The van der Waals surface area contributed by atoms with Crippen LogP contribution < -0.4 is 0 Å². The predicted octanol–water partition coefficient (Wildman–Crippen LogP) is 1.98. The van der Waals surface area contributed by atoms with Gasteiger partial charge >= 0.3 is 0 Å². The second-order valence-corrected chi connectivity index (χ2v) is 9.50. The maximum atomic E-state index is 11.6. The van der Waals surface area contributed by atoms with Crippen molar-refractivity contribution in [3.63, 3.8) is 0 Å². The van der Waals surface area contributed by atoms with Gasteiger partial charge in [0.15, 0.2) is 12.1 Å². The summed E-state index contributed by atoms with van der Waals surface area (Å²) in [6.45, 7) is 2.91. The van der Waals surface area contributed by atoms with E-state index in [1.807, 2.05) is 13.0 Å². The molecule has 3 aliphatic heterocycles. The summed E-state index contributed by atoms with van der Waals surface area (Å²) in [5.41, 5.74) is -0.544. The van der Waals surface area contributed by atoms with Crippen molar-refractivity contribution in [2.45, 2.75) is 62.5 Å². The molecular formula is C21H28O7. The van der Waals surface area contributed by atoms with Crippen LogP contribution >= 0.6 is 0 Å². The summed E-state index contributed by atoms with van der Waals surface area (Å²) in [4.78, 5) is 0. The molecule has 1 aromatic heterocycles. The first-order valence-electron chi connectivity index (χ1n) is 10.3. The maximum Gasteiger partial charge on any atom is 0.196 e. The van der Waals surface area contributed by atoms with Crippen LogP contribution in [0.25, 0.3) is 0 Å². The third-order valence-electron chi connectivity index (χ3n) is 8.93. The summed E-state index contributed by atoms with van der Waals surface area (Å²) in [6.07, 6.45) is 5.25. The minimum absolute atomic E-state index is 0.0749. The minimum Gasteiger partial charge on any atom is -0.472 e. The molecule has 0 amide bonds. The van der Waals surface area contributed by atoms with Gasteiger partial charge in [-0.15, -0.1) is 0 Å². The van der Waals surface area contributed by atoms with Gasteiger partial charge in [0.05, 0.1) is 37.3 Å². The van der Waals surface area contributed by atoms with Crippen LogP contribution in [0.1, 0.15) is 44.3 Å². The highest BCUT2D eigenvalue weighted by atomic mass is 16.7. The lowest BCUT2D eigenvalue weighted by Gasteiger charge is -2.62. The van der Waals surface area contributed by atoms with Gasteiger partial charge in [0.25, 0.3) is 0 Å². The van der Waals surface area contributed by atoms with E-state index in [1.54, 1.807) is 19.6 Å². The molecule has 3 spiro atoms. The number of fused-ring (bicyclic) bond motifs is 2. The molecule has 28 heavy (non-hydrogen) atoms. The lowest BCUT2D eigenvalue weighted by molar-refractivity contribution is -0.328. The SMILES string of the molecule is CO[C@@H]1O[C@H](c2ccoc2)C[C@@]12[C@H]1CCC[C@]3(CO3)[C@@]13CO[C@@](O)([C@@H]2C)[C@@H]3O. The van der Waals surface area contributed by atoms with Crippen molar-refractivity contribution < 1.29 is 33.6 Å². The van der Waals surface area contributed by atoms with E-state index in [4.69, 9.17) is 23.4 Å². The van der Waals surface area contributed by atoms with Gasteiger partial charge in [-0.1, -0.05) is 13.3 Å². The first kappa shape index (κ1) is 17.9. The Morgan fingerprint density at radius 2 is 2.07 bits per heavy atom. The van der Waals surface area contributed by atoms with Gasteiger partial charge in [0.1, 0.15) is 11.7 Å². The van der Waals surface area contributed by atoms with Gasteiger partial charge in [0.2, 0.25) is 0 Å². The van der Waals surface area contributed by atoms with Crippen LogP contribution in [0.2, 0.25) is 0 Å². The van der Waals surface area contributed by atoms with E-state index < -0.39 is 34.6 Å². The molecule has 5 aliphatic rings. The van der Waals surface area contributed by atoms with Crippen LogP contribution in [0.3, 0.4) is 0 Å². The first-order chi connectivity index (χ1) is 13.4. The Morgan fingerprint density at radius 3 is 2.75 bits per heavy atom. The molecule has 7 nitrogen and oxygen atoms in total. The molecule has 0 aromatic carbocycles. The van der Waals surface area contributed by atoms with Gasteiger partial charge in [-0.25, -0.2) is 0 Å². The molecule has 5 fully saturated rings. The highest BCUT2D eigenvalue weighted by Gasteiger charge is 2.84. The Morgan fingerprint density at radius 1 is 1.25 bits per heavy atom. The zero-order chi connectivity index (χ0) is 19.4. The molecule has 3 saturated heterocycles. The summed E-state index contributed by atoms with van der Waals surface area (Å²) < 4.78 is 29.6. The van der Waals surface area contributed by atoms with E-state index >= 15 is 0 Å². The van der Waals surface area contributed by atoms with Gasteiger partial charge in [-0.05, 0) is 31.2 Å². The largest absolute Gasteiger partial charge is 0.472 e. The van der Waals surface area contributed by atoms with E-state index in [2.05, 4.69) is 0 Å². The van der Waals surface area contributed by atoms with E-state index in [1.165, 1.54) is 0 Å². The summed E-state index contributed by atoms with van der Waals surface area (Å²) in [5, 5.41) is 23.0. The van der Waals surface area contributed by atoms with Gasteiger partial charge in [-0.3, -0.25) is 0 Å². The smallest absolute Gasteiger partial charge is 0.196 e. The number of furan rings is 1. The van der Waals surface area contributed by atoms with Crippen LogP contribution in [0.5, 0.6) is 0 Å². The van der Waals surface area contributed by atoms with Crippen molar-refractivity contribution in [3.05, 3.63) is 24.2 Å². The zero-order valence-corrected chi connectivity index (χ0v) is 16.3. The molecule has 1 aromatic rings. The van der Waals surface area contributed by atoms with Crippen molar-refractivity contribution in [2.24, 2.45) is 22.7 Å². The minimum atomic E-state index is -1.63. The van der Waals surface area contributed by atoms with Crippen LogP contribution in [0, 0.1) is 22.7 Å². The number of aliphatic hydroxyl groups excluding tert-OH is 1. The third-order valence-corrected chi connectivity index (χ3v) is 8.93. The number of methoxy groups -OCH3 is 1. The number of epoxide rings is 1. The molecule has 2 N–H and O–H groups in total. The predicted molar refractivity (Wildman–Crippen MR) is 94.9 cm³/mol. The molecule has 9 atom stereocenters. The molecule has 2 saturated carbocycles. The standard InChI is InChI=1S/C21H28O7/c1-12-19(8-14(28-17(19)24-2)13-5-7-25-9-13)15-4-3-6-18(10-26-18)20(15)11-27-21(12,23)16(20)22/h5,7,9,12,14-17,22-23H,3-4,6,8,10-11H2,1-2H3/t12-,14+,15-,16-,17-,18+,19-,20+,21+/m1/s1. The molecule has 4 heterocycles. The van der Waals surface area contributed by atoms with Crippen LogP contribution in [0.4, 0.5) is 0 Å². The van der Waals surface area contributed by atoms with Crippen molar-refractivity contribution in [1.82, 2.24) is 0 Å². The summed E-state index contributed by atoms with van der Waals surface area (Å²) in [6, 6.07) is 1.92. The molecule has 0 unspecified atom stereocenters. The zero-order valence-electron chi connectivity index (χ0n) is 16.3. The number of rotatable bonds is 2. The topological polar surface area (TPSA) is 93.8 Å². The van der Waals surface area contributed by atoms with Gasteiger partial charge in [-0.2, -0.15) is 0 Å². The number of hydrogen-bond acceptors (Lipinski definition) is 7. The van der Waals surface area contributed by atoms with E-state index in [0.29, 0.717) is 19.6 Å². The monoisotopic (exact) mass is 392 g/mol. The number of ether oxygens (including phenoxy) is 4. The molecule has 6 rings (SSSR count). The van der Waals surface area contributed by atoms with Crippen LogP contribution in [-0.4, -0.2) is 54.3 Å². The van der Waals surface area contributed by atoms with Crippen LogP contribution in [0.15, 0.2) is 23.0 Å². The average molecular weight is 392 g/mol. The average Bonchev–Trinajstić information content (AvgIpc) is 3.09. The molecule has 2 aliphatic carbocycles. The quantitative estimate of drug-likeness (QED) is 0.744. The molecule has 2 bridgehead atoms. The fourth-order valence-electron chi connectivity index (χ4n) is 7.49. The van der Waals surface area contributed by atoms with Crippen LogP contribution in [-0.2, 0) is 18.9 Å². The Balaban J connectivity index is 1.52. The van der Waals surface area contributed by atoms with Gasteiger partial charge in [0, 0.05) is 24.0 Å². The first-order valence-corrected chi connectivity index (χ1v) is 10.3. The summed E-state index contributed by atoms with van der Waals surface area (Å²) in [5.74, 6) is -1.91. The normalized spacial score (nSPS) is 57.1. The molecule has 0 radical (unpaired) electrons. The molecule has 7 heteroatoms. The second-order valence-electron chi connectivity index (χ2n) is 9.50. The van der Waals surface area contributed by atoms with Crippen molar-refractivity contribution >= 4 is 0 Å². The Hall–Kier alpha value is -0.960. The lowest BCUT2D eigenvalue weighted by atomic mass is 9.42. The van der Waals surface area contributed by atoms with Crippen molar-refractivity contribution in [1.29, 1.82) is 0 Å². The summed E-state index contributed by atoms with van der Waals surface area (Å²) >= 11 is 0. The van der Waals surface area contributed by atoms with E-state index in [-0.39, 0.29) is 17.9 Å². The lowest BCUT2D eigenvalue weighted by Crippen LogP contribution is -2.72. The second kappa shape index (κ2) is 5.39. The summed E-state index contributed by atoms with van der Waals surface area (Å²) in [7, 11) is 1.66. The fraction of sp³-hybridized carbons (Fsp3) is 0.810. The Labute approximate surface area is 163 Å². The highest BCUT2D eigenvalue weighted by Crippen LogP contribution is 2.76. The fourth-order valence-corrected chi connectivity index (χ4v) is 7.49. The van der Waals surface area contributed by atoms with E-state index in [0.717, 1.165) is 24.8 Å². The Bertz CT molecular complexity index is 776. The molecule has 154 valence electrons. The number of hydrogen-bond donors (Lipinski definition) is 2. The van der Waals surface area contributed by atoms with Crippen molar-refractivity contribution in [3.8, 4) is 0 Å². The third kappa shape index (κ3) is 1.75. The highest BCUT2D eigenvalue weighted by molar-refractivity contribution is 5.29. The maximum absolute atomic E-state index is 11.6. The van der Waals surface area contributed by atoms with Gasteiger partial charge < -0.3 is 33.6 Å².